The molecule has 0 atom stereocenters. The third-order valence-corrected chi connectivity index (χ3v) is 4.21. The van der Waals surface area contributed by atoms with E-state index in [1.165, 1.54) is 25.3 Å². The average molecular weight is 351 g/mol. The highest BCUT2D eigenvalue weighted by atomic mass is 35.5. The number of sulfonamides is 1. The van der Waals surface area contributed by atoms with Crippen LogP contribution in [0.25, 0.3) is 6.08 Å². The van der Waals surface area contributed by atoms with E-state index in [2.05, 4.69) is 10.0 Å². The predicted octanol–water partition coefficient (Wildman–Crippen LogP) is 3.11. The molecule has 0 spiro atoms. The number of hydrogen-bond acceptors (Lipinski definition) is 3. The maximum atomic E-state index is 12.0. The van der Waals surface area contributed by atoms with Gasteiger partial charge in [0.25, 0.3) is 15.9 Å². The molecule has 0 heterocycles. The monoisotopic (exact) mass is 350 g/mol. The van der Waals surface area contributed by atoms with Crippen molar-refractivity contribution in [2.24, 2.45) is 0 Å². The summed E-state index contributed by atoms with van der Waals surface area (Å²) in [5.74, 6) is -0.234. The Hall–Kier alpha value is -2.31. The molecule has 0 bridgehead atoms. The topological polar surface area (TPSA) is 75.3 Å². The van der Waals surface area contributed by atoms with E-state index in [4.69, 9.17) is 11.6 Å². The Morgan fingerprint density at radius 2 is 1.65 bits per heavy atom. The number of amides is 1. The largest absolute Gasteiger partial charge is 0.355 e. The quantitative estimate of drug-likeness (QED) is 0.870. The van der Waals surface area contributed by atoms with Crippen LogP contribution in [0, 0.1) is 0 Å². The maximum Gasteiger partial charge on any atom is 0.255 e. The van der Waals surface area contributed by atoms with Gasteiger partial charge in [0.05, 0.1) is 5.41 Å². The van der Waals surface area contributed by atoms with Gasteiger partial charge in [0.2, 0.25) is 0 Å². The highest BCUT2D eigenvalue weighted by molar-refractivity contribution is 7.95. The van der Waals surface area contributed by atoms with Crippen molar-refractivity contribution in [1.82, 2.24) is 5.32 Å². The Balaban J connectivity index is 2.08. The van der Waals surface area contributed by atoms with Gasteiger partial charge in [0.15, 0.2) is 0 Å². The summed E-state index contributed by atoms with van der Waals surface area (Å²) in [6.45, 7) is 0. The zero-order valence-corrected chi connectivity index (χ0v) is 13.9. The summed E-state index contributed by atoms with van der Waals surface area (Å²) >= 11 is 5.77. The molecule has 2 rings (SSSR count). The summed E-state index contributed by atoms with van der Waals surface area (Å²) in [5, 5.41) is 4.15. The predicted molar refractivity (Wildman–Crippen MR) is 92.9 cm³/mol. The van der Waals surface area contributed by atoms with E-state index in [0.29, 0.717) is 16.3 Å². The number of halogens is 1. The summed E-state index contributed by atoms with van der Waals surface area (Å²) < 4.78 is 26.4. The zero-order valence-electron chi connectivity index (χ0n) is 12.3. The highest BCUT2D eigenvalue weighted by Gasteiger charge is 2.07. The van der Waals surface area contributed by atoms with Crippen molar-refractivity contribution < 1.29 is 13.2 Å². The van der Waals surface area contributed by atoms with Crippen molar-refractivity contribution in [1.29, 1.82) is 0 Å². The van der Waals surface area contributed by atoms with Gasteiger partial charge < -0.3 is 5.32 Å². The lowest BCUT2D eigenvalue weighted by atomic mass is 10.2. The van der Waals surface area contributed by atoms with E-state index in [1.807, 2.05) is 0 Å². The van der Waals surface area contributed by atoms with E-state index in [1.54, 1.807) is 36.4 Å². The van der Waals surface area contributed by atoms with Crippen LogP contribution in [-0.4, -0.2) is 21.4 Å². The fourth-order valence-electron chi connectivity index (χ4n) is 1.77. The molecule has 0 unspecified atom stereocenters. The van der Waals surface area contributed by atoms with Gasteiger partial charge in [-0.15, -0.1) is 0 Å². The van der Waals surface area contributed by atoms with Crippen molar-refractivity contribution >= 4 is 39.3 Å². The second-order valence-corrected chi connectivity index (χ2v) is 6.66. The molecule has 0 aliphatic heterocycles. The molecule has 0 saturated carbocycles. The van der Waals surface area contributed by atoms with Crippen LogP contribution in [0.5, 0.6) is 0 Å². The molecular weight excluding hydrogens is 336 g/mol. The first-order chi connectivity index (χ1) is 10.9. The molecule has 120 valence electrons. The van der Waals surface area contributed by atoms with Crippen LogP contribution in [0.1, 0.15) is 15.9 Å². The van der Waals surface area contributed by atoms with Crippen LogP contribution in [0.4, 0.5) is 5.69 Å². The number of anilines is 1. The Bertz CT molecular complexity index is 813. The molecule has 0 aliphatic rings. The number of carbonyl (C=O) groups excluding carboxylic acids is 1. The first-order valence-corrected chi connectivity index (χ1v) is 8.61. The second kappa shape index (κ2) is 7.30. The van der Waals surface area contributed by atoms with Crippen molar-refractivity contribution in [3.05, 3.63) is 70.1 Å². The number of rotatable bonds is 5. The SMILES string of the molecule is CNC(=O)c1ccc(NS(=O)(=O)/C=C/c2ccc(Cl)cc2)cc1. The molecule has 2 N–H and O–H groups in total. The van der Waals surface area contributed by atoms with Crippen LogP contribution < -0.4 is 10.0 Å². The molecule has 7 heteroatoms. The third kappa shape index (κ3) is 5.12. The van der Waals surface area contributed by atoms with E-state index in [9.17, 15) is 13.2 Å². The lowest BCUT2D eigenvalue weighted by Gasteiger charge is -2.05. The standard InChI is InChI=1S/C16H15ClN2O3S/c1-18-16(20)13-4-8-15(9-5-13)19-23(21,22)11-10-12-2-6-14(17)7-3-12/h2-11,19H,1H3,(H,18,20)/b11-10+. The van der Waals surface area contributed by atoms with Crippen LogP contribution in [0.3, 0.4) is 0 Å². The molecule has 2 aromatic rings. The molecule has 0 aliphatic carbocycles. The second-order valence-electron chi connectivity index (χ2n) is 4.66. The minimum atomic E-state index is -3.65. The number of carbonyl (C=O) groups is 1. The van der Waals surface area contributed by atoms with Crippen LogP contribution in [0.15, 0.2) is 53.9 Å². The van der Waals surface area contributed by atoms with Crippen LogP contribution in [0.2, 0.25) is 5.02 Å². The normalized spacial score (nSPS) is 11.4. The Morgan fingerprint density at radius 1 is 1.04 bits per heavy atom. The Labute approximate surface area is 140 Å². The molecule has 5 nitrogen and oxygen atoms in total. The first kappa shape index (κ1) is 17.1. The fraction of sp³-hybridized carbons (Fsp3) is 0.0625. The van der Waals surface area contributed by atoms with E-state index < -0.39 is 10.0 Å². The molecule has 0 radical (unpaired) electrons. The summed E-state index contributed by atoms with van der Waals surface area (Å²) in [5.41, 5.74) is 1.54. The van der Waals surface area contributed by atoms with Gasteiger partial charge in [-0.25, -0.2) is 8.42 Å². The lowest BCUT2D eigenvalue weighted by Crippen LogP contribution is -2.17. The highest BCUT2D eigenvalue weighted by Crippen LogP contribution is 2.14. The van der Waals surface area contributed by atoms with Crippen molar-refractivity contribution in [3.8, 4) is 0 Å². The third-order valence-electron chi connectivity index (χ3n) is 2.94. The zero-order chi connectivity index (χ0) is 16.9. The Kier molecular flexibility index (Phi) is 5.41. The number of hydrogen-bond donors (Lipinski definition) is 2. The summed E-state index contributed by atoms with van der Waals surface area (Å²) in [6.07, 6.45) is 1.47. The molecule has 1 amide bonds. The van der Waals surface area contributed by atoms with Gasteiger partial charge in [0, 0.05) is 23.3 Å². The molecule has 23 heavy (non-hydrogen) atoms. The summed E-state index contributed by atoms with van der Waals surface area (Å²) in [6, 6.07) is 12.9. The van der Waals surface area contributed by atoms with Crippen molar-refractivity contribution in [2.75, 3.05) is 11.8 Å². The van der Waals surface area contributed by atoms with Crippen LogP contribution >= 0.6 is 11.6 Å². The van der Waals surface area contributed by atoms with Crippen molar-refractivity contribution in [2.45, 2.75) is 0 Å². The van der Waals surface area contributed by atoms with Gasteiger partial charge in [-0.2, -0.15) is 0 Å². The number of benzene rings is 2. The van der Waals surface area contributed by atoms with Gasteiger partial charge in [0.1, 0.15) is 0 Å². The average Bonchev–Trinajstić information content (AvgIpc) is 2.54. The number of nitrogens with one attached hydrogen (secondary N) is 2. The molecule has 0 fully saturated rings. The fourth-order valence-corrected chi connectivity index (χ4v) is 2.77. The van der Waals surface area contributed by atoms with E-state index in [-0.39, 0.29) is 5.91 Å². The lowest BCUT2D eigenvalue weighted by molar-refractivity contribution is 0.0963. The van der Waals surface area contributed by atoms with Gasteiger partial charge in [-0.05, 0) is 48.0 Å². The Morgan fingerprint density at radius 3 is 2.22 bits per heavy atom. The van der Waals surface area contributed by atoms with E-state index in [0.717, 1.165) is 11.0 Å². The van der Waals surface area contributed by atoms with Crippen molar-refractivity contribution in [3.63, 3.8) is 0 Å². The summed E-state index contributed by atoms with van der Waals surface area (Å²) in [4.78, 5) is 11.4. The molecular formula is C16H15ClN2O3S. The molecule has 0 aromatic heterocycles. The van der Waals surface area contributed by atoms with Gasteiger partial charge in [-0.1, -0.05) is 23.7 Å². The molecule has 2 aromatic carbocycles. The van der Waals surface area contributed by atoms with Crippen LogP contribution in [-0.2, 0) is 10.0 Å². The van der Waals surface area contributed by atoms with Gasteiger partial charge >= 0.3 is 0 Å². The van der Waals surface area contributed by atoms with E-state index >= 15 is 0 Å². The minimum absolute atomic E-state index is 0.234. The summed E-state index contributed by atoms with van der Waals surface area (Å²) in [7, 11) is -2.12. The molecule has 0 saturated heterocycles. The minimum Gasteiger partial charge on any atom is -0.355 e. The van der Waals surface area contributed by atoms with Gasteiger partial charge in [-0.3, -0.25) is 9.52 Å². The first-order valence-electron chi connectivity index (χ1n) is 6.68. The smallest absolute Gasteiger partial charge is 0.255 e. The maximum absolute atomic E-state index is 12.0.